The molecule has 0 saturated heterocycles. The largest absolute Gasteiger partial charge is 0.494 e. The molecule has 1 saturated carbocycles. The van der Waals surface area contributed by atoms with Crippen LogP contribution in [0.5, 0.6) is 11.6 Å². The molecule has 0 aliphatic heterocycles. The molecular weight excluding hydrogens is 465 g/mol. The van der Waals surface area contributed by atoms with Crippen molar-refractivity contribution in [3.63, 3.8) is 0 Å². The molecule has 4 rings (SSSR count). The van der Waals surface area contributed by atoms with E-state index in [1.807, 2.05) is 0 Å². The van der Waals surface area contributed by atoms with E-state index in [1.165, 1.54) is 32.2 Å². The normalized spacial score (nSPS) is 20.4. The summed E-state index contributed by atoms with van der Waals surface area (Å²) in [5, 5.41) is 2.57. The van der Waals surface area contributed by atoms with Gasteiger partial charge in [-0.3, -0.25) is 4.98 Å². The van der Waals surface area contributed by atoms with Gasteiger partial charge in [-0.1, -0.05) is 0 Å². The molecule has 3 aromatic rings. The van der Waals surface area contributed by atoms with Crippen LogP contribution in [-0.4, -0.2) is 62.8 Å². The first kappa shape index (κ1) is 24.6. The van der Waals surface area contributed by atoms with E-state index in [-0.39, 0.29) is 13.0 Å². The zero-order chi connectivity index (χ0) is 25.5. The number of amides is 2. The van der Waals surface area contributed by atoms with Gasteiger partial charge in [0.05, 0.1) is 49.3 Å². The average molecular weight is 493 g/mol. The summed E-state index contributed by atoms with van der Waals surface area (Å²) >= 11 is 0. The van der Waals surface area contributed by atoms with Crippen molar-refractivity contribution >= 4 is 11.7 Å². The predicted octanol–water partition coefficient (Wildman–Crippen LogP) is 4.24. The average Bonchev–Trinajstić information content (AvgIpc) is 3.27. The van der Waals surface area contributed by atoms with Gasteiger partial charge in [0.2, 0.25) is 0 Å². The lowest BCUT2D eigenvalue weighted by Gasteiger charge is -2.30. The number of halogens is 3. The Kier molecular flexibility index (Phi) is 6.24. The summed E-state index contributed by atoms with van der Waals surface area (Å²) in [5.41, 5.74) is 0.920. The Balaban J connectivity index is 1.64. The lowest BCUT2D eigenvalue weighted by Crippen LogP contribution is -2.47. The standard InChI is InChI=1S/C23H27F3N6O3/c1-6-32(21(33)30-22(3)10-18(22)23(24,25)26)13(2)15-9-14(17(34-4)11-28-15)16-12-31-8-7-27-19(31)20(29-16)35-5/h7-9,11-13,18H,6,10H2,1-5H3,(H,30,33)/t13-,18-,22-/m1/s1. The molecule has 0 aromatic carbocycles. The number of rotatable bonds is 7. The number of alkyl halides is 3. The lowest BCUT2D eigenvalue weighted by atomic mass is 10.1. The minimum absolute atomic E-state index is 0.136. The van der Waals surface area contributed by atoms with Crippen molar-refractivity contribution in [1.29, 1.82) is 0 Å². The molecule has 0 bridgehead atoms. The number of hydrogen-bond acceptors (Lipinski definition) is 6. The zero-order valence-corrected chi connectivity index (χ0v) is 20.1. The van der Waals surface area contributed by atoms with E-state index in [4.69, 9.17) is 9.47 Å². The molecule has 35 heavy (non-hydrogen) atoms. The number of ether oxygens (including phenoxy) is 2. The van der Waals surface area contributed by atoms with Gasteiger partial charge in [0, 0.05) is 30.7 Å². The minimum atomic E-state index is -4.35. The Morgan fingerprint density at radius 2 is 2.09 bits per heavy atom. The van der Waals surface area contributed by atoms with Gasteiger partial charge >= 0.3 is 12.2 Å². The van der Waals surface area contributed by atoms with Gasteiger partial charge in [-0.15, -0.1) is 0 Å². The van der Waals surface area contributed by atoms with Gasteiger partial charge in [0.15, 0.2) is 5.65 Å². The highest BCUT2D eigenvalue weighted by molar-refractivity contribution is 5.76. The van der Waals surface area contributed by atoms with E-state index < -0.39 is 29.7 Å². The molecular formula is C23H27F3N6O3. The van der Waals surface area contributed by atoms with Gasteiger partial charge in [-0.25, -0.2) is 14.8 Å². The van der Waals surface area contributed by atoms with Crippen molar-refractivity contribution in [2.45, 2.75) is 44.9 Å². The van der Waals surface area contributed by atoms with E-state index in [0.29, 0.717) is 34.2 Å². The van der Waals surface area contributed by atoms with Crippen LogP contribution in [0.3, 0.4) is 0 Å². The number of nitrogens with zero attached hydrogens (tertiary/aromatic N) is 5. The second-order valence-corrected chi connectivity index (χ2v) is 8.71. The number of aromatic nitrogens is 4. The maximum atomic E-state index is 13.1. The molecule has 1 fully saturated rings. The van der Waals surface area contributed by atoms with E-state index in [1.54, 1.807) is 42.9 Å². The molecule has 0 radical (unpaired) electrons. The highest BCUT2D eigenvalue weighted by Gasteiger charge is 2.65. The van der Waals surface area contributed by atoms with Gasteiger partial charge in [0.25, 0.3) is 5.88 Å². The number of hydrogen-bond donors (Lipinski definition) is 1. The van der Waals surface area contributed by atoms with Crippen molar-refractivity contribution in [3.8, 4) is 22.9 Å². The van der Waals surface area contributed by atoms with Gasteiger partial charge in [-0.05, 0) is 33.3 Å². The number of nitrogens with one attached hydrogen (secondary N) is 1. The first-order valence-corrected chi connectivity index (χ1v) is 11.1. The number of pyridine rings is 1. The van der Waals surface area contributed by atoms with Crippen molar-refractivity contribution in [3.05, 3.63) is 36.5 Å². The Hall–Kier alpha value is -3.57. The number of imidazole rings is 1. The number of methoxy groups -OCH3 is 2. The fraction of sp³-hybridized carbons (Fsp3) is 0.478. The van der Waals surface area contributed by atoms with Crippen LogP contribution in [0.15, 0.2) is 30.9 Å². The molecule has 1 aliphatic rings. The molecule has 2 amide bonds. The summed E-state index contributed by atoms with van der Waals surface area (Å²) in [6.45, 7) is 5.22. The maximum Gasteiger partial charge on any atom is 0.394 e. The van der Waals surface area contributed by atoms with Crippen molar-refractivity contribution in [2.24, 2.45) is 5.92 Å². The van der Waals surface area contributed by atoms with Gasteiger partial charge < -0.3 is 24.1 Å². The summed E-state index contributed by atoms with van der Waals surface area (Å²) in [6.07, 6.45) is 2.21. The van der Waals surface area contributed by atoms with Crippen LogP contribution >= 0.6 is 0 Å². The van der Waals surface area contributed by atoms with Crippen molar-refractivity contribution < 1.29 is 27.4 Å². The number of carbonyl (C=O) groups is 1. The van der Waals surface area contributed by atoms with Crippen LogP contribution in [0, 0.1) is 5.92 Å². The quantitative estimate of drug-likeness (QED) is 0.530. The Morgan fingerprint density at radius 1 is 1.34 bits per heavy atom. The van der Waals surface area contributed by atoms with Crippen molar-refractivity contribution in [1.82, 2.24) is 29.6 Å². The summed E-state index contributed by atoms with van der Waals surface area (Å²) in [6, 6.07) is 0.643. The van der Waals surface area contributed by atoms with E-state index in [9.17, 15) is 18.0 Å². The number of carbonyl (C=O) groups excluding carboxylic acids is 1. The first-order valence-electron chi connectivity index (χ1n) is 11.1. The SMILES string of the molecule is CCN(C(=O)N[C@]1(C)C[C@H]1C(F)(F)F)[C@H](C)c1cc(-c2cn3ccnc3c(OC)n2)c(OC)cn1. The highest BCUT2D eigenvalue weighted by Crippen LogP contribution is 2.53. The van der Waals surface area contributed by atoms with Crippen LogP contribution in [-0.2, 0) is 0 Å². The molecule has 1 N–H and O–H groups in total. The summed E-state index contributed by atoms with van der Waals surface area (Å²) in [4.78, 5) is 27.6. The number of fused-ring (bicyclic) bond motifs is 1. The third-order valence-electron chi connectivity index (χ3n) is 6.44. The van der Waals surface area contributed by atoms with Crippen LogP contribution in [0.1, 0.15) is 38.9 Å². The Morgan fingerprint density at radius 3 is 2.69 bits per heavy atom. The molecule has 1 aliphatic carbocycles. The third-order valence-corrected chi connectivity index (χ3v) is 6.44. The lowest BCUT2D eigenvalue weighted by molar-refractivity contribution is -0.152. The fourth-order valence-corrected chi connectivity index (χ4v) is 4.27. The second kappa shape index (κ2) is 8.90. The van der Waals surface area contributed by atoms with Crippen LogP contribution < -0.4 is 14.8 Å². The Labute approximate surface area is 200 Å². The van der Waals surface area contributed by atoms with Crippen LogP contribution in [0.4, 0.5) is 18.0 Å². The monoisotopic (exact) mass is 492 g/mol. The molecule has 3 atom stereocenters. The zero-order valence-electron chi connectivity index (χ0n) is 20.1. The molecule has 0 unspecified atom stereocenters. The predicted molar refractivity (Wildman–Crippen MR) is 121 cm³/mol. The van der Waals surface area contributed by atoms with Crippen LogP contribution in [0.25, 0.3) is 16.9 Å². The molecule has 9 nitrogen and oxygen atoms in total. The smallest absolute Gasteiger partial charge is 0.394 e. The molecule has 3 aromatic heterocycles. The first-order chi connectivity index (χ1) is 16.5. The number of urea groups is 1. The Bertz CT molecular complexity index is 1250. The van der Waals surface area contributed by atoms with Crippen molar-refractivity contribution in [2.75, 3.05) is 20.8 Å². The van der Waals surface area contributed by atoms with Gasteiger partial charge in [-0.2, -0.15) is 13.2 Å². The third kappa shape index (κ3) is 4.56. The summed E-state index contributed by atoms with van der Waals surface area (Å²) in [7, 11) is 3.01. The topological polar surface area (TPSA) is 93.9 Å². The van der Waals surface area contributed by atoms with Gasteiger partial charge in [0.1, 0.15) is 5.75 Å². The molecule has 188 valence electrons. The van der Waals surface area contributed by atoms with E-state index in [0.717, 1.165) is 0 Å². The fourth-order valence-electron chi connectivity index (χ4n) is 4.27. The molecule has 3 heterocycles. The maximum absolute atomic E-state index is 13.1. The molecule has 12 heteroatoms. The van der Waals surface area contributed by atoms with E-state index in [2.05, 4.69) is 20.3 Å². The summed E-state index contributed by atoms with van der Waals surface area (Å²) < 4.78 is 51.9. The van der Waals surface area contributed by atoms with E-state index >= 15 is 0 Å². The second-order valence-electron chi connectivity index (χ2n) is 8.71. The molecule has 0 spiro atoms. The highest BCUT2D eigenvalue weighted by atomic mass is 19.4. The van der Waals surface area contributed by atoms with Crippen LogP contribution in [0.2, 0.25) is 0 Å². The summed E-state index contributed by atoms with van der Waals surface area (Å²) in [5.74, 6) is -0.758. The minimum Gasteiger partial charge on any atom is -0.494 e.